The first-order valence-electron chi connectivity index (χ1n) is 9.78. The molecule has 3 aromatic rings. The summed E-state index contributed by atoms with van der Waals surface area (Å²) in [6.45, 7) is 7.32. The van der Waals surface area contributed by atoms with Gasteiger partial charge in [0.2, 0.25) is 0 Å². The first-order chi connectivity index (χ1) is 13.7. The first kappa shape index (κ1) is 23.0. The van der Waals surface area contributed by atoms with Crippen molar-refractivity contribution < 1.29 is 4.74 Å². The number of halogens is 1. The Hall–Kier alpha value is -2.29. The smallest absolute Gasteiger partial charge is 0.191 e. The molecule has 7 heteroatoms. The van der Waals surface area contributed by atoms with Gasteiger partial charge in [-0.3, -0.25) is 4.99 Å². The van der Waals surface area contributed by atoms with E-state index < -0.39 is 0 Å². The summed E-state index contributed by atoms with van der Waals surface area (Å²) in [7, 11) is 1.68. The Kier molecular flexibility index (Phi) is 9.24. The first-order valence-corrected chi connectivity index (χ1v) is 9.78. The molecule has 0 fully saturated rings. The second-order valence-corrected chi connectivity index (χ2v) is 6.58. The molecule has 0 aliphatic carbocycles. The van der Waals surface area contributed by atoms with Crippen molar-refractivity contribution in [3.63, 3.8) is 0 Å². The summed E-state index contributed by atoms with van der Waals surface area (Å²) in [6.07, 6.45) is 0.895. The van der Waals surface area contributed by atoms with E-state index in [-0.39, 0.29) is 24.0 Å². The molecule has 0 bridgehead atoms. The fourth-order valence-corrected chi connectivity index (χ4v) is 3.20. The minimum atomic E-state index is 0. The van der Waals surface area contributed by atoms with Gasteiger partial charge in [-0.25, -0.2) is 4.98 Å². The Morgan fingerprint density at radius 1 is 1.10 bits per heavy atom. The van der Waals surface area contributed by atoms with Crippen molar-refractivity contribution in [2.75, 3.05) is 26.7 Å². The van der Waals surface area contributed by atoms with Crippen molar-refractivity contribution in [3.8, 4) is 5.75 Å². The fraction of sp³-hybridized carbons (Fsp3) is 0.364. The van der Waals surface area contributed by atoms with Crippen LogP contribution in [0.5, 0.6) is 5.75 Å². The van der Waals surface area contributed by atoms with Crippen LogP contribution in [0, 0.1) is 6.92 Å². The molecule has 2 N–H and O–H groups in total. The molecule has 0 spiro atoms. The van der Waals surface area contributed by atoms with Gasteiger partial charge in [0.15, 0.2) is 5.96 Å². The van der Waals surface area contributed by atoms with Crippen LogP contribution in [-0.2, 0) is 13.0 Å². The number of nitrogens with zero attached hydrogens (tertiary/aromatic N) is 3. The molecule has 6 nitrogen and oxygen atoms in total. The molecule has 1 aromatic heterocycles. The van der Waals surface area contributed by atoms with E-state index in [1.165, 1.54) is 11.1 Å². The van der Waals surface area contributed by atoms with Crippen LogP contribution in [0.3, 0.4) is 0 Å². The number of guanidine groups is 1. The number of nitrogens with one attached hydrogen (secondary N) is 2. The lowest BCUT2D eigenvalue weighted by molar-refractivity contribution is 0.414. The lowest BCUT2D eigenvalue weighted by Crippen LogP contribution is -2.39. The van der Waals surface area contributed by atoms with E-state index in [1.807, 2.05) is 25.1 Å². The zero-order valence-corrected chi connectivity index (χ0v) is 19.6. The number of rotatable bonds is 8. The third-order valence-electron chi connectivity index (χ3n) is 4.65. The molecule has 0 atom stereocenters. The second kappa shape index (κ2) is 11.6. The number of aliphatic imine (C=N–C) groups is 1. The van der Waals surface area contributed by atoms with Crippen LogP contribution in [0.25, 0.3) is 11.0 Å². The number of imidazole rings is 1. The van der Waals surface area contributed by atoms with Crippen molar-refractivity contribution in [1.29, 1.82) is 0 Å². The van der Waals surface area contributed by atoms with Crippen molar-refractivity contribution >= 4 is 41.0 Å². The van der Waals surface area contributed by atoms with Crippen LogP contribution in [0.2, 0.25) is 0 Å². The summed E-state index contributed by atoms with van der Waals surface area (Å²) in [5.74, 6) is 2.76. The van der Waals surface area contributed by atoms with E-state index in [0.717, 1.165) is 55.7 Å². The van der Waals surface area contributed by atoms with E-state index in [4.69, 9.17) is 9.73 Å². The molecule has 0 aliphatic rings. The second-order valence-electron chi connectivity index (χ2n) is 6.58. The maximum atomic E-state index is 5.20. The maximum absolute atomic E-state index is 5.20. The summed E-state index contributed by atoms with van der Waals surface area (Å²) in [4.78, 5) is 9.32. The van der Waals surface area contributed by atoms with E-state index in [9.17, 15) is 0 Å². The van der Waals surface area contributed by atoms with Gasteiger partial charge in [-0.05, 0) is 50.1 Å². The molecule has 0 amide bonds. The molecule has 0 saturated heterocycles. The van der Waals surface area contributed by atoms with Crippen LogP contribution < -0.4 is 15.4 Å². The Morgan fingerprint density at radius 3 is 2.59 bits per heavy atom. The third-order valence-corrected chi connectivity index (χ3v) is 4.65. The summed E-state index contributed by atoms with van der Waals surface area (Å²) in [5, 5.41) is 6.74. The van der Waals surface area contributed by atoms with E-state index in [1.54, 1.807) is 7.11 Å². The Bertz CT molecular complexity index is 921. The van der Waals surface area contributed by atoms with Gasteiger partial charge in [-0.15, -0.1) is 24.0 Å². The molecule has 0 saturated carbocycles. The molecule has 0 unspecified atom stereocenters. The predicted molar refractivity (Wildman–Crippen MR) is 131 cm³/mol. The highest BCUT2D eigenvalue weighted by Crippen LogP contribution is 2.15. The van der Waals surface area contributed by atoms with E-state index in [0.29, 0.717) is 0 Å². The van der Waals surface area contributed by atoms with Crippen molar-refractivity contribution in [2.45, 2.75) is 26.8 Å². The zero-order chi connectivity index (χ0) is 19.8. The highest BCUT2D eigenvalue weighted by molar-refractivity contribution is 14.0. The quantitative estimate of drug-likeness (QED) is 0.277. The monoisotopic (exact) mass is 507 g/mol. The van der Waals surface area contributed by atoms with Gasteiger partial charge < -0.3 is 19.9 Å². The summed E-state index contributed by atoms with van der Waals surface area (Å²) >= 11 is 0. The molecule has 156 valence electrons. The largest absolute Gasteiger partial charge is 0.497 e. The van der Waals surface area contributed by atoms with E-state index in [2.05, 4.69) is 57.4 Å². The number of hydrogen-bond donors (Lipinski definition) is 2. The zero-order valence-electron chi connectivity index (χ0n) is 17.3. The number of hydrogen-bond acceptors (Lipinski definition) is 3. The van der Waals surface area contributed by atoms with Crippen LogP contribution in [0.4, 0.5) is 0 Å². The molecule has 2 aromatic carbocycles. The number of ether oxygens (including phenoxy) is 1. The van der Waals surface area contributed by atoms with Gasteiger partial charge in [0, 0.05) is 26.2 Å². The van der Waals surface area contributed by atoms with Gasteiger partial charge in [0.1, 0.15) is 11.6 Å². The highest BCUT2D eigenvalue weighted by Gasteiger charge is 2.06. The Labute approximate surface area is 189 Å². The predicted octanol–water partition coefficient (Wildman–Crippen LogP) is 3.77. The van der Waals surface area contributed by atoms with Crippen LogP contribution >= 0.6 is 24.0 Å². The van der Waals surface area contributed by atoms with Gasteiger partial charge in [-0.2, -0.15) is 0 Å². The van der Waals surface area contributed by atoms with Gasteiger partial charge in [0.05, 0.1) is 18.1 Å². The number of aromatic nitrogens is 2. The van der Waals surface area contributed by atoms with Crippen molar-refractivity contribution in [3.05, 3.63) is 59.9 Å². The molecular formula is C22H30IN5O. The number of methoxy groups -OCH3 is 1. The molecule has 29 heavy (non-hydrogen) atoms. The maximum Gasteiger partial charge on any atom is 0.191 e. The Morgan fingerprint density at radius 2 is 1.86 bits per heavy atom. The van der Waals surface area contributed by atoms with Crippen LogP contribution in [-0.4, -0.2) is 42.3 Å². The fourth-order valence-electron chi connectivity index (χ4n) is 3.20. The summed E-state index contributed by atoms with van der Waals surface area (Å²) in [5.41, 5.74) is 3.46. The minimum absolute atomic E-state index is 0. The molecule has 3 rings (SSSR count). The molecular weight excluding hydrogens is 477 g/mol. The lowest BCUT2D eigenvalue weighted by atomic mass is 10.1. The summed E-state index contributed by atoms with van der Waals surface area (Å²) < 4.78 is 7.44. The van der Waals surface area contributed by atoms with E-state index >= 15 is 0 Å². The third kappa shape index (κ3) is 6.35. The highest BCUT2D eigenvalue weighted by atomic mass is 127. The molecule has 0 aliphatic heterocycles. The molecule has 0 radical (unpaired) electrons. The van der Waals surface area contributed by atoms with Crippen molar-refractivity contribution in [1.82, 2.24) is 20.2 Å². The number of fused-ring (bicyclic) bond motifs is 1. The lowest BCUT2D eigenvalue weighted by Gasteiger charge is -2.13. The van der Waals surface area contributed by atoms with Crippen LogP contribution in [0.1, 0.15) is 18.3 Å². The topological polar surface area (TPSA) is 63.5 Å². The van der Waals surface area contributed by atoms with Gasteiger partial charge in [-0.1, -0.05) is 24.3 Å². The Balaban J connectivity index is 0.00000300. The normalized spacial score (nSPS) is 11.2. The van der Waals surface area contributed by atoms with Gasteiger partial charge >= 0.3 is 0 Å². The van der Waals surface area contributed by atoms with Crippen molar-refractivity contribution in [2.24, 2.45) is 4.99 Å². The average molecular weight is 507 g/mol. The van der Waals surface area contributed by atoms with Crippen LogP contribution in [0.15, 0.2) is 53.5 Å². The average Bonchev–Trinajstić information content (AvgIpc) is 3.04. The summed E-state index contributed by atoms with van der Waals surface area (Å²) in [6, 6.07) is 16.4. The number of para-hydroxylation sites is 2. The number of benzene rings is 2. The SMILES string of the molecule is CCNC(=NCCc1ccc(OC)cc1)NCCn1c(C)nc2ccccc21.I. The number of aryl methyl sites for hydroxylation is 1. The minimum Gasteiger partial charge on any atom is -0.497 e. The standard InChI is InChI=1S/C22H29N5O.HI/c1-4-23-22(24-14-13-18-9-11-19(28-3)12-10-18)25-15-16-27-17(2)26-20-7-5-6-8-21(20)27;/h5-12H,4,13-16H2,1-3H3,(H2,23,24,25);1H. The van der Waals surface area contributed by atoms with Gasteiger partial charge in [0.25, 0.3) is 0 Å². The molecule has 1 heterocycles.